The van der Waals surface area contributed by atoms with Gasteiger partial charge in [-0.25, -0.2) is 0 Å². The van der Waals surface area contributed by atoms with E-state index in [4.69, 9.17) is 4.74 Å². The number of benzene rings is 1. The van der Waals surface area contributed by atoms with Crippen molar-refractivity contribution in [3.8, 4) is 5.88 Å². The Balaban J connectivity index is 1.54. The highest BCUT2D eigenvalue weighted by Gasteiger charge is 2.18. The summed E-state index contributed by atoms with van der Waals surface area (Å²) in [6.45, 7) is 8.91. The highest BCUT2D eigenvalue weighted by Crippen LogP contribution is 2.20. The summed E-state index contributed by atoms with van der Waals surface area (Å²) in [6.07, 6.45) is 2.17. The smallest absolute Gasteiger partial charge is 0.233 e. The van der Waals surface area contributed by atoms with Crippen molar-refractivity contribution in [2.24, 2.45) is 0 Å². The molecule has 1 aliphatic heterocycles. The van der Waals surface area contributed by atoms with Gasteiger partial charge in [0.25, 0.3) is 0 Å². The molecule has 5 heteroatoms. The molecule has 128 valence electrons. The maximum absolute atomic E-state index is 5.57. The van der Waals surface area contributed by atoms with E-state index in [2.05, 4.69) is 58.1 Å². The number of anilines is 2. The first-order chi connectivity index (χ1) is 11.8. The number of unbranched alkanes of at least 4 members (excludes halogenated alkanes) is 1. The Bertz CT molecular complexity index is 636. The zero-order chi connectivity index (χ0) is 16.8. The molecule has 0 bridgehead atoms. The SMILES string of the molecule is CCCCOc1ccc(N2CCN(c3cccc(C)c3)CC2)nn1. The van der Waals surface area contributed by atoms with Gasteiger partial charge < -0.3 is 14.5 Å². The minimum absolute atomic E-state index is 0.616. The summed E-state index contributed by atoms with van der Waals surface area (Å²) in [5, 5.41) is 8.51. The molecule has 0 radical (unpaired) electrons. The second kappa shape index (κ2) is 7.99. The third-order valence-corrected chi connectivity index (χ3v) is 4.34. The van der Waals surface area contributed by atoms with Gasteiger partial charge in [-0.05, 0) is 37.1 Å². The number of piperazine rings is 1. The molecule has 3 rings (SSSR count). The van der Waals surface area contributed by atoms with Gasteiger partial charge in [0.05, 0.1) is 6.61 Å². The van der Waals surface area contributed by atoms with Crippen molar-refractivity contribution in [2.75, 3.05) is 42.6 Å². The average molecular weight is 326 g/mol. The molecule has 24 heavy (non-hydrogen) atoms. The lowest BCUT2D eigenvalue weighted by Crippen LogP contribution is -2.46. The van der Waals surface area contributed by atoms with Crippen molar-refractivity contribution in [1.29, 1.82) is 0 Å². The highest BCUT2D eigenvalue weighted by molar-refractivity contribution is 5.50. The van der Waals surface area contributed by atoms with Crippen LogP contribution in [0.2, 0.25) is 0 Å². The summed E-state index contributed by atoms with van der Waals surface area (Å²) >= 11 is 0. The lowest BCUT2D eigenvalue weighted by atomic mass is 10.2. The molecule has 0 amide bonds. The Morgan fingerprint density at radius 3 is 2.46 bits per heavy atom. The van der Waals surface area contributed by atoms with E-state index < -0.39 is 0 Å². The Morgan fingerprint density at radius 1 is 1.00 bits per heavy atom. The first-order valence-electron chi connectivity index (χ1n) is 8.79. The molecule has 0 atom stereocenters. The standard InChI is InChI=1S/C19H26N4O/c1-3-4-14-24-19-9-8-18(20-21-19)23-12-10-22(11-13-23)17-7-5-6-16(2)15-17/h5-9,15H,3-4,10-14H2,1-2H3. The average Bonchev–Trinajstić information content (AvgIpc) is 2.63. The summed E-state index contributed by atoms with van der Waals surface area (Å²) in [5.74, 6) is 1.55. The van der Waals surface area contributed by atoms with Crippen LogP contribution in [0.25, 0.3) is 0 Å². The Kier molecular flexibility index (Phi) is 5.51. The molecule has 1 aromatic heterocycles. The molecule has 5 nitrogen and oxygen atoms in total. The largest absolute Gasteiger partial charge is 0.477 e. The van der Waals surface area contributed by atoms with E-state index in [0.717, 1.165) is 44.8 Å². The van der Waals surface area contributed by atoms with Gasteiger partial charge in [0.1, 0.15) is 0 Å². The maximum Gasteiger partial charge on any atom is 0.233 e. The van der Waals surface area contributed by atoms with Crippen LogP contribution >= 0.6 is 0 Å². The van der Waals surface area contributed by atoms with Gasteiger partial charge >= 0.3 is 0 Å². The Hall–Kier alpha value is -2.30. The second-order valence-corrected chi connectivity index (χ2v) is 6.24. The molecule has 1 saturated heterocycles. The monoisotopic (exact) mass is 326 g/mol. The van der Waals surface area contributed by atoms with Crippen LogP contribution in [0.15, 0.2) is 36.4 Å². The van der Waals surface area contributed by atoms with Crippen LogP contribution in [0.1, 0.15) is 25.3 Å². The summed E-state index contributed by atoms with van der Waals surface area (Å²) < 4.78 is 5.57. The normalized spacial score (nSPS) is 14.8. The minimum Gasteiger partial charge on any atom is -0.477 e. The van der Waals surface area contributed by atoms with Gasteiger partial charge in [0, 0.05) is 37.9 Å². The van der Waals surface area contributed by atoms with Crippen molar-refractivity contribution in [3.05, 3.63) is 42.0 Å². The minimum atomic E-state index is 0.616. The van der Waals surface area contributed by atoms with Crippen LogP contribution in [0.3, 0.4) is 0 Å². The van der Waals surface area contributed by atoms with Gasteiger partial charge in [0.2, 0.25) is 5.88 Å². The van der Waals surface area contributed by atoms with Gasteiger partial charge in [0.15, 0.2) is 5.82 Å². The van der Waals surface area contributed by atoms with E-state index in [1.165, 1.54) is 11.3 Å². The van der Waals surface area contributed by atoms with Crippen LogP contribution in [0.4, 0.5) is 11.5 Å². The molecule has 1 aliphatic rings. The van der Waals surface area contributed by atoms with Crippen LogP contribution in [-0.2, 0) is 0 Å². The summed E-state index contributed by atoms with van der Waals surface area (Å²) in [5.41, 5.74) is 2.61. The molecule has 2 aromatic rings. The fourth-order valence-corrected chi connectivity index (χ4v) is 2.90. The van der Waals surface area contributed by atoms with E-state index in [1.807, 2.05) is 12.1 Å². The summed E-state index contributed by atoms with van der Waals surface area (Å²) in [4.78, 5) is 4.72. The number of aryl methyl sites for hydroxylation is 1. The predicted molar refractivity (Wildman–Crippen MR) is 98.0 cm³/mol. The molecular weight excluding hydrogens is 300 g/mol. The van der Waals surface area contributed by atoms with E-state index in [-0.39, 0.29) is 0 Å². The van der Waals surface area contributed by atoms with E-state index in [9.17, 15) is 0 Å². The van der Waals surface area contributed by atoms with Crippen molar-refractivity contribution in [2.45, 2.75) is 26.7 Å². The van der Waals surface area contributed by atoms with Crippen LogP contribution in [0.5, 0.6) is 5.88 Å². The number of rotatable bonds is 6. The number of aromatic nitrogens is 2. The molecule has 2 heterocycles. The van der Waals surface area contributed by atoms with E-state index in [0.29, 0.717) is 12.5 Å². The lowest BCUT2D eigenvalue weighted by Gasteiger charge is -2.36. The highest BCUT2D eigenvalue weighted by atomic mass is 16.5. The summed E-state index contributed by atoms with van der Waals surface area (Å²) in [7, 11) is 0. The second-order valence-electron chi connectivity index (χ2n) is 6.24. The lowest BCUT2D eigenvalue weighted by molar-refractivity contribution is 0.294. The van der Waals surface area contributed by atoms with Gasteiger partial charge in [-0.1, -0.05) is 25.5 Å². The number of hydrogen-bond donors (Lipinski definition) is 0. The maximum atomic E-state index is 5.57. The van der Waals surface area contributed by atoms with Gasteiger partial charge in [-0.2, -0.15) is 0 Å². The number of nitrogens with zero attached hydrogens (tertiary/aromatic N) is 4. The van der Waals surface area contributed by atoms with Crippen molar-refractivity contribution >= 4 is 11.5 Å². The first-order valence-corrected chi connectivity index (χ1v) is 8.79. The van der Waals surface area contributed by atoms with Crippen LogP contribution in [0, 0.1) is 6.92 Å². The van der Waals surface area contributed by atoms with Gasteiger partial charge in [-0.3, -0.25) is 0 Å². The molecule has 0 unspecified atom stereocenters. The van der Waals surface area contributed by atoms with E-state index in [1.54, 1.807) is 0 Å². The third-order valence-electron chi connectivity index (χ3n) is 4.34. The van der Waals surface area contributed by atoms with Crippen LogP contribution in [-0.4, -0.2) is 43.0 Å². The predicted octanol–water partition coefficient (Wildman–Crippen LogP) is 3.29. The zero-order valence-corrected chi connectivity index (χ0v) is 14.6. The van der Waals surface area contributed by atoms with Crippen molar-refractivity contribution in [3.63, 3.8) is 0 Å². The topological polar surface area (TPSA) is 41.5 Å². The van der Waals surface area contributed by atoms with Gasteiger partial charge in [-0.15, -0.1) is 10.2 Å². The van der Waals surface area contributed by atoms with Crippen molar-refractivity contribution < 1.29 is 4.74 Å². The van der Waals surface area contributed by atoms with Crippen LogP contribution < -0.4 is 14.5 Å². The molecule has 0 N–H and O–H groups in total. The first kappa shape index (κ1) is 16.6. The fraction of sp³-hybridized carbons (Fsp3) is 0.474. The molecule has 0 saturated carbocycles. The quantitative estimate of drug-likeness (QED) is 0.762. The molecule has 1 aromatic carbocycles. The number of ether oxygens (including phenoxy) is 1. The molecule has 0 aliphatic carbocycles. The third kappa shape index (κ3) is 4.16. The summed E-state index contributed by atoms with van der Waals surface area (Å²) in [6, 6.07) is 12.6. The molecule has 0 spiro atoms. The van der Waals surface area contributed by atoms with Crippen molar-refractivity contribution in [1.82, 2.24) is 10.2 Å². The van der Waals surface area contributed by atoms with E-state index >= 15 is 0 Å². The Labute approximate surface area is 144 Å². The molecular formula is C19H26N4O. The zero-order valence-electron chi connectivity index (χ0n) is 14.6. The molecule has 1 fully saturated rings. The fourth-order valence-electron chi connectivity index (χ4n) is 2.90. The Morgan fingerprint density at radius 2 is 1.79 bits per heavy atom. The number of hydrogen-bond acceptors (Lipinski definition) is 5.